The zero-order chi connectivity index (χ0) is 14.8. The first-order chi connectivity index (χ1) is 10.1. The molecule has 1 aliphatic rings. The van der Waals surface area contributed by atoms with Crippen LogP contribution in [-0.4, -0.2) is 20.1 Å². The Labute approximate surface area is 124 Å². The van der Waals surface area contributed by atoms with Gasteiger partial charge in [-0.05, 0) is 18.8 Å². The molecule has 6 nitrogen and oxygen atoms in total. The van der Waals surface area contributed by atoms with Crippen molar-refractivity contribution in [1.29, 1.82) is 0 Å². The van der Waals surface area contributed by atoms with Crippen LogP contribution < -0.4 is 5.73 Å². The molecule has 2 N–H and O–H groups in total. The average molecular weight is 287 g/mol. The fourth-order valence-corrected chi connectivity index (χ4v) is 2.76. The lowest BCUT2D eigenvalue weighted by molar-refractivity contribution is 0.363. The van der Waals surface area contributed by atoms with Gasteiger partial charge in [-0.2, -0.15) is 4.98 Å². The molecule has 2 heterocycles. The summed E-state index contributed by atoms with van der Waals surface area (Å²) in [7, 11) is 0. The maximum Gasteiger partial charge on any atom is 0.227 e. The van der Waals surface area contributed by atoms with Crippen LogP contribution in [0.5, 0.6) is 0 Å². The number of aromatic nitrogens is 4. The molecule has 3 rings (SSSR count). The van der Waals surface area contributed by atoms with Gasteiger partial charge in [-0.1, -0.05) is 31.8 Å². The van der Waals surface area contributed by atoms with Crippen LogP contribution in [0.25, 0.3) is 11.4 Å². The molecule has 0 bridgehead atoms. The van der Waals surface area contributed by atoms with Gasteiger partial charge < -0.3 is 10.3 Å². The number of hydrogen-bond acceptors (Lipinski definition) is 6. The van der Waals surface area contributed by atoms with E-state index >= 15 is 0 Å². The molecule has 0 saturated heterocycles. The normalized spacial score (nSPS) is 16.0. The van der Waals surface area contributed by atoms with Crippen LogP contribution in [0.2, 0.25) is 0 Å². The summed E-state index contributed by atoms with van der Waals surface area (Å²) in [6.45, 7) is 4.22. The number of nitrogens with zero attached hydrogens (tertiary/aromatic N) is 4. The van der Waals surface area contributed by atoms with Crippen molar-refractivity contribution in [3.63, 3.8) is 0 Å². The number of anilines is 1. The Morgan fingerprint density at radius 3 is 2.71 bits per heavy atom. The van der Waals surface area contributed by atoms with Gasteiger partial charge in [0, 0.05) is 18.5 Å². The Balaban J connectivity index is 1.83. The van der Waals surface area contributed by atoms with Gasteiger partial charge in [0.05, 0.1) is 5.56 Å². The number of hydrogen-bond donors (Lipinski definition) is 1. The molecule has 21 heavy (non-hydrogen) atoms. The van der Waals surface area contributed by atoms with E-state index in [1.54, 1.807) is 6.20 Å². The predicted octanol–water partition coefficient (Wildman–Crippen LogP) is 2.96. The Hall–Kier alpha value is -1.98. The topological polar surface area (TPSA) is 90.7 Å². The molecule has 0 aliphatic heterocycles. The second-order valence-corrected chi connectivity index (χ2v) is 6.12. The Bertz CT molecular complexity index is 616. The van der Waals surface area contributed by atoms with Crippen LogP contribution in [0.1, 0.15) is 57.2 Å². The van der Waals surface area contributed by atoms with Gasteiger partial charge >= 0.3 is 0 Å². The van der Waals surface area contributed by atoms with Gasteiger partial charge in [0.1, 0.15) is 11.6 Å². The smallest absolute Gasteiger partial charge is 0.227 e. The van der Waals surface area contributed by atoms with Gasteiger partial charge in [-0.3, -0.25) is 0 Å². The summed E-state index contributed by atoms with van der Waals surface area (Å²) in [5.41, 5.74) is 6.71. The predicted molar refractivity (Wildman–Crippen MR) is 79.5 cm³/mol. The molecule has 1 saturated carbocycles. The molecular weight excluding hydrogens is 266 g/mol. The van der Waals surface area contributed by atoms with E-state index in [4.69, 9.17) is 10.3 Å². The SMILES string of the molecule is CC(C)Cc1nc(-c2cnc(C3CCCC3)nc2N)no1. The summed E-state index contributed by atoms with van der Waals surface area (Å²) in [4.78, 5) is 13.3. The van der Waals surface area contributed by atoms with Crippen molar-refractivity contribution in [3.05, 3.63) is 17.9 Å². The third-order valence-electron chi connectivity index (χ3n) is 3.85. The summed E-state index contributed by atoms with van der Waals surface area (Å²) in [5, 5.41) is 3.98. The van der Waals surface area contributed by atoms with Crippen molar-refractivity contribution in [1.82, 2.24) is 20.1 Å². The van der Waals surface area contributed by atoms with Gasteiger partial charge in [-0.15, -0.1) is 0 Å². The van der Waals surface area contributed by atoms with E-state index in [9.17, 15) is 0 Å². The van der Waals surface area contributed by atoms with Crippen molar-refractivity contribution < 1.29 is 4.52 Å². The second kappa shape index (κ2) is 5.79. The minimum Gasteiger partial charge on any atom is -0.383 e. The van der Waals surface area contributed by atoms with E-state index in [1.807, 2.05) is 0 Å². The van der Waals surface area contributed by atoms with E-state index in [0.717, 1.165) is 25.1 Å². The zero-order valence-electron chi connectivity index (χ0n) is 12.5. The minimum atomic E-state index is 0.434. The maximum absolute atomic E-state index is 6.06. The summed E-state index contributed by atoms with van der Waals surface area (Å²) in [6.07, 6.45) is 7.28. The van der Waals surface area contributed by atoms with Crippen molar-refractivity contribution in [2.75, 3.05) is 5.73 Å². The lowest BCUT2D eigenvalue weighted by Crippen LogP contribution is -2.05. The molecule has 1 fully saturated rings. The van der Waals surface area contributed by atoms with Crippen LogP contribution in [0, 0.1) is 5.92 Å². The van der Waals surface area contributed by atoms with Crippen molar-refractivity contribution >= 4 is 5.82 Å². The molecule has 0 aromatic carbocycles. The highest BCUT2D eigenvalue weighted by atomic mass is 16.5. The molecule has 2 aromatic rings. The second-order valence-electron chi connectivity index (χ2n) is 6.12. The highest BCUT2D eigenvalue weighted by Crippen LogP contribution is 2.33. The summed E-state index contributed by atoms with van der Waals surface area (Å²) < 4.78 is 5.24. The van der Waals surface area contributed by atoms with Gasteiger partial charge in [0.25, 0.3) is 0 Å². The fraction of sp³-hybridized carbons (Fsp3) is 0.600. The van der Waals surface area contributed by atoms with Gasteiger partial charge in [-0.25, -0.2) is 9.97 Å². The highest BCUT2D eigenvalue weighted by molar-refractivity contribution is 5.66. The van der Waals surface area contributed by atoms with Gasteiger partial charge in [0.2, 0.25) is 11.7 Å². The van der Waals surface area contributed by atoms with E-state index in [-0.39, 0.29) is 0 Å². The monoisotopic (exact) mass is 287 g/mol. The van der Waals surface area contributed by atoms with Crippen molar-refractivity contribution in [3.8, 4) is 11.4 Å². The van der Waals surface area contributed by atoms with E-state index in [0.29, 0.717) is 34.9 Å². The lowest BCUT2D eigenvalue weighted by atomic mass is 10.1. The highest BCUT2D eigenvalue weighted by Gasteiger charge is 2.21. The third kappa shape index (κ3) is 3.04. The molecular formula is C15H21N5O. The molecule has 6 heteroatoms. The quantitative estimate of drug-likeness (QED) is 0.929. The third-order valence-corrected chi connectivity index (χ3v) is 3.85. The van der Waals surface area contributed by atoms with Crippen LogP contribution in [-0.2, 0) is 6.42 Å². The summed E-state index contributed by atoms with van der Waals surface area (Å²) >= 11 is 0. The molecule has 0 radical (unpaired) electrons. The fourth-order valence-electron chi connectivity index (χ4n) is 2.76. The van der Waals surface area contributed by atoms with Crippen molar-refractivity contribution in [2.45, 2.75) is 51.9 Å². The number of nitrogen functional groups attached to an aromatic ring is 1. The summed E-state index contributed by atoms with van der Waals surface area (Å²) in [5.74, 6) is 3.29. The first kappa shape index (κ1) is 14.0. The molecule has 2 aromatic heterocycles. The molecule has 112 valence electrons. The molecule has 0 amide bonds. The molecule has 0 atom stereocenters. The first-order valence-corrected chi connectivity index (χ1v) is 7.59. The summed E-state index contributed by atoms with van der Waals surface area (Å²) in [6, 6.07) is 0. The first-order valence-electron chi connectivity index (χ1n) is 7.59. The van der Waals surface area contributed by atoms with Crippen molar-refractivity contribution in [2.24, 2.45) is 5.92 Å². The van der Waals surface area contributed by atoms with Gasteiger partial charge in [0.15, 0.2) is 0 Å². The van der Waals surface area contributed by atoms with Crippen LogP contribution in [0.3, 0.4) is 0 Å². The minimum absolute atomic E-state index is 0.434. The Morgan fingerprint density at radius 2 is 2.05 bits per heavy atom. The molecule has 0 spiro atoms. The Kier molecular flexibility index (Phi) is 3.86. The van der Waals surface area contributed by atoms with E-state index < -0.39 is 0 Å². The average Bonchev–Trinajstić information content (AvgIpc) is 3.09. The standard InChI is InChI=1S/C15H21N5O/c1-9(2)7-12-18-15(20-21-12)11-8-17-14(19-13(11)16)10-5-3-4-6-10/h8-10H,3-7H2,1-2H3,(H2,16,17,19). The molecule has 0 unspecified atom stereocenters. The maximum atomic E-state index is 6.06. The van der Waals surface area contributed by atoms with Crippen LogP contribution >= 0.6 is 0 Å². The number of rotatable bonds is 4. The number of nitrogens with two attached hydrogens (primary N) is 1. The Morgan fingerprint density at radius 1 is 1.29 bits per heavy atom. The van der Waals surface area contributed by atoms with Crippen LogP contribution in [0.4, 0.5) is 5.82 Å². The lowest BCUT2D eigenvalue weighted by Gasteiger charge is -2.08. The van der Waals surface area contributed by atoms with Crippen LogP contribution in [0.15, 0.2) is 10.7 Å². The molecule has 1 aliphatic carbocycles. The van der Waals surface area contributed by atoms with E-state index in [2.05, 4.69) is 34.0 Å². The largest absolute Gasteiger partial charge is 0.383 e. The zero-order valence-corrected chi connectivity index (χ0v) is 12.5. The van der Waals surface area contributed by atoms with E-state index in [1.165, 1.54) is 12.8 Å².